The fourth-order valence-electron chi connectivity index (χ4n) is 1.89. The van der Waals surface area contributed by atoms with E-state index in [1.165, 1.54) is 0 Å². The van der Waals surface area contributed by atoms with Crippen LogP contribution in [0.4, 0.5) is 0 Å². The highest BCUT2D eigenvalue weighted by molar-refractivity contribution is 7.80. The van der Waals surface area contributed by atoms with Crippen molar-refractivity contribution < 1.29 is 0 Å². The maximum Gasteiger partial charge on any atom is 0.261 e. The molecule has 0 bridgehead atoms. The number of hydrogen-bond donors (Lipinski definition) is 1. The Labute approximate surface area is 108 Å². The van der Waals surface area contributed by atoms with Gasteiger partial charge in [-0.25, -0.2) is 0 Å². The van der Waals surface area contributed by atoms with Gasteiger partial charge in [0.25, 0.3) is 5.56 Å². The van der Waals surface area contributed by atoms with Gasteiger partial charge in [0, 0.05) is 12.2 Å². The van der Waals surface area contributed by atoms with Crippen LogP contribution < -0.4 is 11.3 Å². The first kappa shape index (κ1) is 13.9. The van der Waals surface area contributed by atoms with E-state index in [0.29, 0.717) is 11.5 Å². The van der Waals surface area contributed by atoms with Gasteiger partial charge in [0.1, 0.15) is 4.99 Å². The van der Waals surface area contributed by atoms with Crippen molar-refractivity contribution in [1.82, 2.24) is 4.57 Å². The first-order valence-corrected chi connectivity index (χ1v) is 6.26. The molecule has 1 aromatic rings. The van der Waals surface area contributed by atoms with Gasteiger partial charge in [-0.15, -0.1) is 0 Å². The van der Waals surface area contributed by atoms with Crippen molar-refractivity contribution in [2.24, 2.45) is 11.7 Å². The van der Waals surface area contributed by atoms with Crippen LogP contribution in [0.5, 0.6) is 0 Å². The summed E-state index contributed by atoms with van der Waals surface area (Å²) in [5.74, 6) is 0.566. The van der Waals surface area contributed by atoms with Crippen LogP contribution in [0, 0.1) is 19.8 Å². The van der Waals surface area contributed by atoms with Crippen LogP contribution >= 0.6 is 12.2 Å². The van der Waals surface area contributed by atoms with Gasteiger partial charge in [-0.05, 0) is 37.8 Å². The number of hydrogen-bond acceptors (Lipinski definition) is 2. The summed E-state index contributed by atoms with van der Waals surface area (Å²) in [4.78, 5) is 12.4. The molecule has 0 spiro atoms. The number of nitrogens with two attached hydrogens (primary N) is 1. The van der Waals surface area contributed by atoms with E-state index in [1.807, 2.05) is 19.9 Å². The average Bonchev–Trinajstić information content (AvgIpc) is 2.14. The van der Waals surface area contributed by atoms with Crippen LogP contribution in [0.1, 0.15) is 37.1 Å². The Morgan fingerprint density at radius 1 is 1.47 bits per heavy atom. The van der Waals surface area contributed by atoms with Crippen LogP contribution in [0.25, 0.3) is 0 Å². The van der Waals surface area contributed by atoms with Crippen LogP contribution in [-0.2, 0) is 6.54 Å². The van der Waals surface area contributed by atoms with Crippen molar-refractivity contribution in [3.05, 3.63) is 33.2 Å². The predicted octanol–water partition coefficient (Wildman–Crippen LogP) is 2.15. The zero-order chi connectivity index (χ0) is 13.2. The van der Waals surface area contributed by atoms with E-state index in [4.69, 9.17) is 18.0 Å². The lowest BCUT2D eigenvalue weighted by atomic mass is 10.1. The second kappa shape index (κ2) is 5.45. The molecule has 0 unspecified atom stereocenters. The van der Waals surface area contributed by atoms with E-state index >= 15 is 0 Å². The van der Waals surface area contributed by atoms with E-state index in [9.17, 15) is 4.79 Å². The molecule has 0 amide bonds. The second-order valence-electron chi connectivity index (χ2n) is 4.85. The summed E-state index contributed by atoms with van der Waals surface area (Å²) < 4.78 is 1.77. The molecule has 2 N–H and O–H groups in total. The topological polar surface area (TPSA) is 48.0 Å². The molecule has 0 aliphatic rings. The van der Waals surface area contributed by atoms with Crippen molar-refractivity contribution in [3.8, 4) is 0 Å². The van der Waals surface area contributed by atoms with Crippen molar-refractivity contribution in [2.75, 3.05) is 0 Å². The largest absolute Gasteiger partial charge is 0.389 e. The van der Waals surface area contributed by atoms with Gasteiger partial charge in [0.05, 0.1) is 5.56 Å². The fourth-order valence-corrected chi connectivity index (χ4v) is 2.14. The fraction of sp³-hybridized carbons (Fsp3) is 0.538. The third-order valence-electron chi connectivity index (χ3n) is 2.88. The lowest BCUT2D eigenvalue weighted by Gasteiger charge is -2.14. The average molecular weight is 252 g/mol. The third-order valence-corrected chi connectivity index (χ3v) is 3.09. The van der Waals surface area contributed by atoms with E-state index in [-0.39, 0.29) is 10.5 Å². The molecule has 1 rings (SSSR count). The Hall–Kier alpha value is -1.16. The van der Waals surface area contributed by atoms with Crippen LogP contribution in [0.2, 0.25) is 0 Å². The number of pyridine rings is 1. The molecule has 0 aromatic carbocycles. The normalized spacial score (nSPS) is 10.9. The monoisotopic (exact) mass is 252 g/mol. The van der Waals surface area contributed by atoms with Crippen LogP contribution in [-0.4, -0.2) is 9.56 Å². The third kappa shape index (κ3) is 3.16. The highest BCUT2D eigenvalue weighted by Gasteiger charge is 2.12. The first-order chi connectivity index (χ1) is 7.84. The van der Waals surface area contributed by atoms with Gasteiger partial charge >= 0.3 is 0 Å². The summed E-state index contributed by atoms with van der Waals surface area (Å²) in [6.45, 7) is 8.82. The predicted molar refractivity (Wildman–Crippen MR) is 75.5 cm³/mol. The zero-order valence-electron chi connectivity index (χ0n) is 10.9. The molecule has 0 fully saturated rings. The lowest BCUT2D eigenvalue weighted by molar-refractivity contribution is 0.501. The SMILES string of the molecule is Cc1cc(C)n(CCC(C)C)c(=O)c1C(N)=S. The Kier molecular flexibility index (Phi) is 4.46. The molecular weight excluding hydrogens is 232 g/mol. The van der Waals surface area contributed by atoms with Gasteiger partial charge < -0.3 is 10.3 Å². The molecule has 0 saturated heterocycles. The summed E-state index contributed by atoms with van der Waals surface area (Å²) in [6.07, 6.45) is 0.973. The molecule has 0 aliphatic heterocycles. The number of rotatable bonds is 4. The van der Waals surface area contributed by atoms with Gasteiger partial charge in [0.15, 0.2) is 0 Å². The van der Waals surface area contributed by atoms with Crippen LogP contribution in [0.15, 0.2) is 10.9 Å². The van der Waals surface area contributed by atoms with E-state index in [2.05, 4.69) is 13.8 Å². The maximum absolute atomic E-state index is 12.3. The quantitative estimate of drug-likeness (QED) is 0.835. The Balaban J connectivity index is 3.26. The second-order valence-corrected chi connectivity index (χ2v) is 5.29. The van der Waals surface area contributed by atoms with Gasteiger partial charge in [0.2, 0.25) is 0 Å². The van der Waals surface area contributed by atoms with Gasteiger partial charge in [-0.3, -0.25) is 4.79 Å². The highest BCUT2D eigenvalue weighted by Crippen LogP contribution is 2.09. The van der Waals surface area contributed by atoms with E-state index < -0.39 is 0 Å². The van der Waals surface area contributed by atoms with Crippen molar-refractivity contribution in [2.45, 2.75) is 40.7 Å². The molecule has 3 nitrogen and oxygen atoms in total. The summed E-state index contributed by atoms with van der Waals surface area (Å²) in [7, 11) is 0. The summed E-state index contributed by atoms with van der Waals surface area (Å²) in [6, 6.07) is 1.97. The van der Waals surface area contributed by atoms with Crippen molar-refractivity contribution in [3.63, 3.8) is 0 Å². The van der Waals surface area contributed by atoms with Crippen molar-refractivity contribution in [1.29, 1.82) is 0 Å². The van der Waals surface area contributed by atoms with Crippen molar-refractivity contribution >= 4 is 17.2 Å². The zero-order valence-corrected chi connectivity index (χ0v) is 11.7. The minimum atomic E-state index is -0.0596. The minimum absolute atomic E-state index is 0.0596. The van der Waals surface area contributed by atoms with Gasteiger partial charge in [-0.2, -0.15) is 0 Å². The maximum atomic E-state index is 12.3. The van der Waals surface area contributed by atoms with Crippen LogP contribution in [0.3, 0.4) is 0 Å². The molecule has 0 radical (unpaired) electrons. The Bertz CT molecular complexity index is 489. The molecule has 1 heterocycles. The molecule has 17 heavy (non-hydrogen) atoms. The molecule has 4 heteroatoms. The number of aryl methyl sites for hydroxylation is 2. The smallest absolute Gasteiger partial charge is 0.261 e. The molecule has 0 saturated carbocycles. The number of aromatic nitrogens is 1. The lowest BCUT2D eigenvalue weighted by Crippen LogP contribution is -2.32. The summed E-state index contributed by atoms with van der Waals surface area (Å²) in [5, 5.41) is 0. The first-order valence-electron chi connectivity index (χ1n) is 5.85. The number of thiocarbonyl (C=S) groups is 1. The Morgan fingerprint density at radius 3 is 2.53 bits per heavy atom. The summed E-state index contributed by atoms with van der Waals surface area (Å²) >= 11 is 4.94. The highest BCUT2D eigenvalue weighted by atomic mass is 32.1. The standard InChI is InChI=1S/C13H20N2OS/c1-8(2)5-6-15-10(4)7-9(3)11(12(14)17)13(15)16/h7-8H,5-6H2,1-4H3,(H2,14,17). The Morgan fingerprint density at radius 2 is 2.06 bits per heavy atom. The molecule has 94 valence electrons. The molecule has 0 atom stereocenters. The number of nitrogens with zero attached hydrogens (tertiary/aromatic N) is 1. The summed E-state index contributed by atoms with van der Waals surface area (Å²) in [5.41, 5.74) is 7.86. The molecular formula is C13H20N2OS. The van der Waals surface area contributed by atoms with Gasteiger partial charge in [-0.1, -0.05) is 26.1 Å². The van der Waals surface area contributed by atoms with E-state index in [1.54, 1.807) is 4.57 Å². The molecule has 0 aliphatic carbocycles. The molecule has 1 aromatic heterocycles. The minimum Gasteiger partial charge on any atom is -0.389 e. The van der Waals surface area contributed by atoms with E-state index in [0.717, 1.165) is 24.2 Å².